The third-order valence-corrected chi connectivity index (χ3v) is 1.42. The largest absolute Gasteiger partial charge is 0.456 e. The van der Waals surface area contributed by atoms with Crippen molar-refractivity contribution in [3.05, 3.63) is 41.6 Å². The Bertz CT molecular complexity index is 250. The molecule has 0 N–H and O–H groups in total. The first-order chi connectivity index (χ1) is 4.47. The third kappa shape index (κ3) is 0.628. The second kappa shape index (κ2) is 1.64. The normalized spacial score (nSPS) is 20.4. The lowest BCUT2D eigenvalue weighted by molar-refractivity contribution is 0.373. The number of rotatable bonds is 0. The van der Waals surface area contributed by atoms with Gasteiger partial charge in [0.25, 0.3) is 0 Å². The summed E-state index contributed by atoms with van der Waals surface area (Å²) < 4.78 is 5.09. The van der Waals surface area contributed by atoms with E-state index in [9.17, 15) is 0 Å². The van der Waals surface area contributed by atoms with Crippen LogP contribution in [0.5, 0.6) is 0 Å². The van der Waals surface area contributed by atoms with Crippen LogP contribution in [-0.4, -0.2) is 0 Å². The van der Waals surface area contributed by atoms with E-state index in [1.54, 1.807) is 6.26 Å². The van der Waals surface area contributed by atoms with Crippen LogP contribution < -0.4 is 0 Å². The average Bonchev–Trinajstić information content (AvgIpc) is 2.33. The molecule has 0 fully saturated rings. The molecular formula is C8H6O. The van der Waals surface area contributed by atoms with Crippen LogP contribution in [0.3, 0.4) is 0 Å². The molecule has 0 aromatic rings. The van der Waals surface area contributed by atoms with E-state index < -0.39 is 0 Å². The van der Waals surface area contributed by atoms with E-state index in [4.69, 9.17) is 4.74 Å². The van der Waals surface area contributed by atoms with Crippen molar-refractivity contribution in [1.29, 1.82) is 0 Å². The summed E-state index contributed by atoms with van der Waals surface area (Å²) in [6.07, 6.45) is 8.61. The minimum atomic E-state index is 0.956. The maximum atomic E-state index is 5.09. The van der Waals surface area contributed by atoms with Gasteiger partial charge < -0.3 is 4.74 Å². The standard InChI is InChI=1S/C8H6O/c1-2-4-8-7(3-1)5-6-9-8/h1-2,4,6H,3H2. The molecule has 0 saturated heterocycles. The first kappa shape index (κ1) is 4.66. The molecule has 1 heteroatoms. The van der Waals surface area contributed by atoms with Crippen LogP contribution in [0.1, 0.15) is 6.42 Å². The van der Waals surface area contributed by atoms with E-state index in [0.29, 0.717) is 0 Å². The summed E-state index contributed by atoms with van der Waals surface area (Å²) in [5, 5.41) is 0. The van der Waals surface area contributed by atoms with Crippen molar-refractivity contribution in [2.45, 2.75) is 6.42 Å². The van der Waals surface area contributed by atoms with Gasteiger partial charge in [-0.2, -0.15) is 0 Å². The SMILES string of the molecule is C1=COC2=CC=CCC=12. The molecule has 0 amide bonds. The van der Waals surface area contributed by atoms with Gasteiger partial charge in [-0.15, -0.1) is 0 Å². The minimum absolute atomic E-state index is 0.956. The molecule has 1 aliphatic heterocycles. The molecule has 1 heterocycles. The second-order valence-electron chi connectivity index (χ2n) is 2.02. The highest BCUT2D eigenvalue weighted by Gasteiger charge is 2.09. The van der Waals surface area contributed by atoms with Gasteiger partial charge in [-0.25, -0.2) is 0 Å². The Kier molecular flexibility index (Phi) is 0.850. The molecule has 0 radical (unpaired) electrons. The number of ether oxygens (including phenoxy) is 1. The highest BCUT2D eigenvalue weighted by Crippen LogP contribution is 2.22. The van der Waals surface area contributed by atoms with Crippen molar-refractivity contribution >= 4 is 0 Å². The molecule has 2 rings (SSSR count). The summed E-state index contributed by atoms with van der Waals surface area (Å²) in [7, 11) is 0. The third-order valence-electron chi connectivity index (χ3n) is 1.42. The number of allylic oxidation sites excluding steroid dienone is 4. The monoisotopic (exact) mass is 118 g/mol. The summed E-state index contributed by atoms with van der Waals surface area (Å²) in [5.74, 6) is 0.956. The summed E-state index contributed by atoms with van der Waals surface area (Å²) in [4.78, 5) is 0. The van der Waals surface area contributed by atoms with E-state index in [1.807, 2.05) is 12.2 Å². The summed E-state index contributed by atoms with van der Waals surface area (Å²) >= 11 is 0. The van der Waals surface area contributed by atoms with Crippen molar-refractivity contribution < 1.29 is 4.74 Å². The molecule has 9 heavy (non-hydrogen) atoms. The molecule has 0 aromatic carbocycles. The van der Waals surface area contributed by atoms with Gasteiger partial charge >= 0.3 is 0 Å². The maximum Gasteiger partial charge on any atom is 0.138 e. The van der Waals surface area contributed by atoms with Gasteiger partial charge in [-0.1, -0.05) is 17.9 Å². The predicted molar refractivity (Wildman–Crippen MR) is 34.5 cm³/mol. The van der Waals surface area contributed by atoms with E-state index in [2.05, 4.69) is 11.8 Å². The number of fused-ring (bicyclic) bond motifs is 1. The van der Waals surface area contributed by atoms with Crippen LogP contribution in [0.25, 0.3) is 0 Å². The average molecular weight is 118 g/mol. The van der Waals surface area contributed by atoms with Gasteiger partial charge in [0.2, 0.25) is 0 Å². The Morgan fingerprint density at radius 1 is 1.56 bits per heavy atom. The Labute approximate surface area is 53.6 Å². The zero-order valence-corrected chi connectivity index (χ0v) is 4.92. The Balaban J connectivity index is 2.46. The van der Waals surface area contributed by atoms with Crippen molar-refractivity contribution in [2.75, 3.05) is 0 Å². The highest BCUT2D eigenvalue weighted by atomic mass is 16.5. The Hall–Kier alpha value is -1.20. The summed E-state index contributed by atoms with van der Waals surface area (Å²) in [5.41, 5.74) is 4.17. The topological polar surface area (TPSA) is 9.23 Å². The minimum Gasteiger partial charge on any atom is -0.456 e. The van der Waals surface area contributed by atoms with E-state index in [0.717, 1.165) is 17.8 Å². The zero-order chi connectivity index (χ0) is 6.10. The van der Waals surface area contributed by atoms with Gasteiger partial charge in [0.15, 0.2) is 0 Å². The molecule has 0 spiro atoms. The lowest BCUT2D eigenvalue weighted by Crippen LogP contribution is -1.87. The molecule has 0 aromatic heterocycles. The quantitative estimate of drug-likeness (QED) is 0.441. The van der Waals surface area contributed by atoms with Gasteiger partial charge in [0.1, 0.15) is 12.0 Å². The van der Waals surface area contributed by atoms with Crippen molar-refractivity contribution in [3.8, 4) is 0 Å². The fourth-order valence-corrected chi connectivity index (χ4v) is 0.947. The second-order valence-corrected chi connectivity index (χ2v) is 2.02. The van der Waals surface area contributed by atoms with Gasteiger partial charge in [-0.3, -0.25) is 0 Å². The van der Waals surface area contributed by atoms with Gasteiger partial charge in [0.05, 0.1) is 0 Å². The van der Waals surface area contributed by atoms with E-state index in [-0.39, 0.29) is 0 Å². The van der Waals surface area contributed by atoms with Gasteiger partial charge in [0, 0.05) is 12.0 Å². The molecule has 0 unspecified atom stereocenters. The molecule has 0 bridgehead atoms. The smallest absolute Gasteiger partial charge is 0.138 e. The fourth-order valence-electron chi connectivity index (χ4n) is 0.947. The van der Waals surface area contributed by atoms with E-state index >= 15 is 0 Å². The van der Waals surface area contributed by atoms with Crippen LogP contribution in [-0.2, 0) is 4.74 Å². The first-order valence-electron chi connectivity index (χ1n) is 2.95. The van der Waals surface area contributed by atoms with E-state index in [1.165, 1.54) is 0 Å². The highest BCUT2D eigenvalue weighted by molar-refractivity contribution is 5.37. The van der Waals surface area contributed by atoms with Crippen LogP contribution in [0.2, 0.25) is 0 Å². The molecule has 1 aliphatic carbocycles. The van der Waals surface area contributed by atoms with Gasteiger partial charge in [-0.05, 0) is 6.08 Å². The van der Waals surface area contributed by atoms with Crippen LogP contribution in [0.15, 0.2) is 41.6 Å². The maximum absolute atomic E-state index is 5.09. The predicted octanol–water partition coefficient (Wildman–Crippen LogP) is 1.90. The first-order valence-corrected chi connectivity index (χ1v) is 2.95. The van der Waals surface area contributed by atoms with Crippen LogP contribution in [0, 0.1) is 0 Å². The molecule has 0 atom stereocenters. The summed E-state index contributed by atoms with van der Waals surface area (Å²) in [6.45, 7) is 0. The molecule has 1 nitrogen and oxygen atoms in total. The lowest BCUT2D eigenvalue weighted by atomic mass is 10.1. The van der Waals surface area contributed by atoms with Crippen molar-refractivity contribution in [3.63, 3.8) is 0 Å². The zero-order valence-electron chi connectivity index (χ0n) is 4.92. The van der Waals surface area contributed by atoms with Crippen LogP contribution >= 0.6 is 0 Å². The molecule has 44 valence electrons. The Morgan fingerprint density at radius 2 is 2.56 bits per heavy atom. The van der Waals surface area contributed by atoms with Crippen molar-refractivity contribution in [2.24, 2.45) is 0 Å². The van der Waals surface area contributed by atoms with Crippen molar-refractivity contribution in [1.82, 2.24) is 0 Å². The van der Waals surface area contributed by atoms with Crippen LogP contribution in [0.4, 0.5) is 0 Å². The fraction of sp³-hybridized carbons (Fsp3) is 0.125. The number of hydrogen-bond acceptors (Lipinski definition) is 1. The molecule has 0 saturated carbocycles. The molecule has 2 aliphatic rings. The lowest BCUT2D eigenvalue weighted by Gasteiger charge is -2.03. The summed E-state index contributed by atoms with van der Waals surface area (Å²) in [6, 6.07) is 0. The number of hydrogen-bond donors (Lipinski definition) is 0. The Morgan fingerprint density at radius 3 is 3.44 bits per heavy atom. The molecular weight excluding hydrogens is 112 g/mol.